The Morgan fingerprint density at radius 2 is 1.54 bits per heavy atom. The number of esters is 1. The highest BCUT2D eigenvalue weighted by atomic mass is 16.5. The number of anilines is 1. The summed E-state index contributed by atoms with van der Waals surface area (Å²) in [6.45, 7) is 3.05. The number of amides is 2. The van der Waals surface area contributed by atoms with Crippen molar-refractivity contribution in [3.05, 3.63) is 29.8 Å². The number of nitrogens with one attached hydrogen (secondary N) is 2. The van der Waals surface area contributed by atoms with E-state index in [2.05, 4.69) is 10.6 Å². The molecule has 28 heavy (non-hydrogen) atoms. The molecule has 1 aromatic rings. The van der Waals surface area contributed by atoms with Gasteiger partial charge in [-0.2, -0.15) is 0 Å². The van der Waals surface area contributed by atoms with Gasteiger partial charge in [0.2, 0.25) is 5.91 Å². The number of carbonyl (C=O) groups excluding carboxylic acids is 3. The molecule has 6 nitrogen and oxygen atoms in total. The third-order valence-corrected chi connectivity index (χ3v) is 6.52. The van der Waals surface area contributed by atoms with Crippen LogP contribution in [0, 0.1) is 17.8 Å². The highest BCUT2D eigenvalue weighted by Crippen LogP contribution is 2.55. The number of ether oxygens (including phenoxy) is 1. The van der Waals surface area contributed by atoms with Crippen LogP contribution in [0.25, 0.3) is 0 Å². The predicted molar refractivity (Wildman–Crippen MR) is 105 cm³/mol. The van der Waals surface area contributed by atoms with Crippen LogP contribution in [0.2, 0.25) is 0 Å². The van der Waals surface area contributed by atoms with Gasteiger partial charge in [-0.3, -0.25) is 9.59 Å². The zero-order chi connectivity index (χ0) is 19.9. The molecule has 1 atom stereocenters. The van der Waals surface area contributed by atoms with Crippen LogP contribution in [0.15, 0.2) is 24.3 Å². The lowest BCUT2D eigenvalue weighted by Gasteiger charge is -2.57. The van der Waals surface area contributed by atoms with E-state index in [1.54, 1.807) is 31.2 Å². The summed E-state index contributed by atoms with van der Waals surface area (Å²) in [6.07, 6.45) is 6.30. The number of benzene rings is 1. The third-order valence-electron chi connectivity index (χ3n) is 6.52. The molecule has 0 aliphatic heterocycles. The summed E-state index contributed by atoms with van der Waals surface area (Å²) in [5.74, 6) is 1.31. The van der Waals surface area contributed by atoms with E-state index < -0.39 is 12.1 Å². The zero-order valence-electron chi connectivity index (χ0n) is 16.5. The SMILES string of the molecule is CC(=O)Nc1ccc(C(=O)O[C@H](C)C(=O)NC23CC4CC(CC(C4)C2)C3)cc1. The Labute approximate surface area is 165 Å². The van der Waals surface area contributed by atoms with Crippen molar-refractivity contribution in [2.75, 3.05) is 5.32 Å². The fraction of sp³-hybridized carbons (Fsp3) is 0.591. The first-order valence-corrected chi connectivity index (χ1v) is 10.2. The van der Waals surface area contributed by atoms with Gasteiger partial charge in [-0.1, -0.05) is 0 Å². The average Bonchev–Trinajstić information content (AvgIpc) is 2.60. The molecule has 2 amide bonds. The minimum Gasteiger partial charge on any atom is -0.449 e. The maximum atomic E-state index is 12.7. The Hall–Kier alpha value is -2.37. The molecule has 1 aromatic carbocycles. The number of hydrogen-bond acceptors (Lipinski definition) is 4. The summed E-state index contributed by atoms with van der Waals surface area (Å²) >= 11 is 0. The first-order valence-electron chi connectivity index (χ1n) is 10.2. The molecule has 6 heteroatoms. The van der Waals surface area contributed by atoms with Crippen molar-refractivity contribution in [2.24, 2.45) is 17.8 Å². The Morgan fingerprint density at radius 1 is 1.00 bits per heavy atom. The van der Waals surface area contributed by atoms with E-state index in [9.17, 15) is 14.4 Å². The molecule has 4 aliphatic carbocycles. The molecule has 0 saturated heterocycles. The standard InChI is InChI=1S/C22H28N2O4/c1-13(28-21(27)18-3-5-19(6-4-18)23-14(2)25)20(26)24-22-10-15-7-16(11-22)9-17(8-15)12-22/h3-6,13,15-17H,7-12H2,1-2H3,(H,23,25)(H,24,26)/t13-,15?,16?,17?,22?/m1/s1. The molecule has 2 N–H and O–H groups in total. The van der Waals surface area contributed by atoms with Crippen LogP contribution in [0.4, 0.5) is 5.69 Å². The average molecular weight is 384 g/mol. The number of hydrogen-bond donors (Lipinski definition) is 2. The van der Waals surface area contributed by atoms with E-state index in [0.717, 1.165) is 37.0 Å². The second-order valence-electron chi connectivity index (χ2n) is 8.99. The van der Waals surface area contributed by atoms with Crippen LogP contribution in [0.5, 0.6) is 0 Å². The van der Waals surface area contributed by atoms with Crippen molar-refractivity contribution >= 4 is 23.5 Å². The molecule has 4 aliphatic rings. The summed E-state index contributed by atoms with van der Waals surface area (Å²) in [5, 5.41) is 5.90. The van der Waals surface area contributed by atoms with Crippen LogP contribution >= 0.6 is 0 Å². The summed E-state index contributed by atoms with van der Waals surface area (Å²) in [5.41, 5.74) is 0.868. The summed E-state index contributed by atoms with van der Waals surface area (Å²) < 4.78 is 5.39. The lowest BCUT2D eigenvalue weighted by atomic mass is 9.53. The Bertz CT molecular complexity index is 751. The summed E-state index contributed by atoms with van der Waals surface area (Å²) in [7, 11) is 0. The normalized spacial score (nSPS) is 31.1. The lowest BCUT2D eigenvalue weighted by Crippen LogP contribution is -2.61. The van der Waals surface area contributed by atoms with Crippen molar-refractivity contribution in [3.63, 3.8) is 0 Å². The quantitative estimate of drug-likeness (QED) is 0.763. The maximum Gasteiger partial charge on any atom is 0.338 e. The van der Waals surface area contributed by atoms with Crippen molar-refractivity contribution in [2.45, 2.75) is 64.0 Å². The molecule has 4 saturated carbocycles. The van der Waals surface area contributed by atoms with Gasteiger partial charge in [-0.05, 0) is 87.5 Å². The maximum absolute atomic E-state index is 12.7. The molecular formula is C22H28N2O4. The molecule has 150 valence electrons. The van der Waals surface area contributed by atoms with Crippen molar-refractivity contribution in [1.82, 2.24) is 5.32 Å². The minimum absolute atomic E-state index is 0.0908. The molecule has 4 fully saturated rings. The Balaban J connectivity index is 1.34. The van der Waals surface area contributed by atoms with E-state index >= 15 is 0 Å². The number of carbonyl (C=O) groups is 3. The van der Waals surface area contributed by atoms with Gasteiger partial charge in [0.1, 0.15) is 0 Å². The first kappa shape index (κ1) is 19.0. The molecule has 4 bridgehead atoms. The van der Waals surface area contributed by atoms with Gasteiger partial charge in [0.15, 0.2) is 6.10 Å². The molecule has 0 spiro atoms. The fourth-order valence-electron chi connectivity index (χ4n) is 5.80. The van der Waals surface area contributed by atoms with Crippen LogP contribution in [-0.2, 0) is 14.3 Å². The molecule has 0 aromatic heterocycles. The predicted octanol–water partition coefficient (Wildman–Crippen LogP) is 3.28. The Kier molecular flexibility index (Phi) is 4.89. The van der Waals surface area contributed by atoms with E-state index in [-0.39, 0.29) is 17.4 Å². The number of rotatable bonds is 5. The second kappa shape index (κ2) is 7.22. The molecule has 0 unspecified atom stereocenters. The summed E-state index contributed by atoms with van der Waals surface area (Å²) in [6, 6.07) is 6.44. The van der Waals surface area contributed by atoms with Gasteiger partial charge < -0.3 is 15.4 Å². The van der Waals surface area contributed by atoms with Crippen LogP contribution < -0.4 is 10.6 Å². The Morgan fingerprint density at radius 3 is 2.04 bits per heavy atom. The van der Waals surface area contributed by atoms with Crippen LogP contribution in [-0.4, -0.2) is 29.4 Å². The summed E-state index contributed by atoms with van der Waals surface area (Å²) in [4.78, 5) is 36.2. The van der Waals surface area contributed by atoms with E-state index in [4.69, 9.17) is 4.74 Å². The van der Waals surface area contributed by atoms with Crippen LogP contribution in [0.1, 0.15) is 62.7 Å². The highest BCUT2D eigenvalue weighted by Gasteiger charge is 2.51. The van der Waals surface area contributed by atoms with Crippen molar-refractivity contribution < 1.29 is 19.1 Å². The van der Waals surface area contributed by atoms with Crippen LogP contribution in [0.3, 0.4) is 0 Å². The monoisotopic (exact) mass is 384 g/mol. The van der Waals surface area contributed by atoms with Crippen molar-refractivity contribution in [3.8, 4) is 0 Å². The van der Waals surface area contributed by atoms with Gasteiger partial charge in [-0.25, -0.2) is 4.79 Å². The van der Waals surface area contributed by atoms with E-state index in [1.807, 2.05) is 0 Å². The van der Waals surface area contributed by atoms with Gasteiger partial charge in [0.25, 0.3) is 5.91 Å². The highest BCUT2D eigenvalue weighted by molar-refractivity contribution is 5.93. The topological polar surface area (TPSA) is 84.5 Å². The fourth-order valence-corrected chi connectivity index (χ4v) is 5.80. The van der Waals surface area contributed by atoms with Gasteiger partial charge in [0.05, 0.1) is 5.56 Å². The minimum atomic E-state index is -0.837. The molecule has 0 radical (unpaired) electrons. The van der Waals surface area contributed by atoms with E-state index in [1.165, 1.54) is 26.2 Å². The third kappa shape index (κ3) is 3.91. The van der Waals surface area contributed by atoms with Gasteiger partial charge in [-0.15, -0.1) is 0 Å². The second-order valence-corrected chi connectivity index (χ2v) is 8.99. The van der Waals surface area contributed by atoms with Gasteiger partial charge in [0, 0.05) is 18.2 Å². The lowest BCUT2D eigenvalue weighted by molar-refractivity contribution is -0.134. The molecular weight excluding hydrogens is 356 g/mol. The zero-order valence-corrected chi connectivity index (χ0v) is 16.5. The molecule has 0 heterocycles. The first-order chi connectivity index (χ1) is 13.3. The largest absolute Gasteiger partial charge is 0.449 e. The van der Waals surface area contributed by atoms with Crippen molar-refractivity contribution in [1.29, 1.82) is 0 Å². The smallest absolute Gasteiger partial charge is 0.338 e. The molecule has 5 rings (SSSR count). The van der Waals surface area contributed by atoms with E-state index in [0.29, 0.717) is 11.3 Å². The van der Waals surface area contributed by atoms with Gasteiger partial charge >= 0.3 is 5.97 Å².